The van der Waals surface area contributed by atoms with Crippen molar-refractivity contribution in [1.82, 2.24) is 9.80 Å². The van der Waals surface area contributed by atoms with E-state index in [1.54, 1.807) is 0 Å². The van der Waals surface area contributed by atoms with Gasteiger partial charge in [0.2, 0.25) is 0 Å². The van der Waals surface area contributed by atoms with Crippen LogP contribution < -0.4 is 10.6 Å². The van der Waals surface area contributed by atoms with Crippen molar-refractivity contribution in [2.24, 2.45) is 5.73 Å². The molecule has 0 unspecified atom stereocenters. The number of rotatable bonds is 7. The highest BCUT2D eigenvalue weighted by atomic mass is 16.5. The molecular formula is C22H36N4O2. The summed E-state index contributed by atoms with van der Waals surface area (Å²) < 4.78 is 5.84. The molecule has 2 aliphatic heterocycles. The van der Waals surface area contributed by atoms with E-state index in [9.17, 15) is 4.79 Å². The zero-order valence-electron chi connectivity index (χ0n) is 17.5. The second-order valence-electron chi connectivity index (χ2n) is 8.17. The van der Waals surface area contributed by atoms with Crippen LogP contribution in [0.3, 0.4) is 0 Å². The number of benzene rings is 1. The normalized spacial score (nSPS) is 19.4. The molecule has 1 amide bonds. The number of piperidine rings is 1. The maximum Gasteiger partial charge on any atom is 0.253 e. The quantitative estimate of drug-likeness (QED) is 0.726. The summed E-state index contributed by atoms with van der Waals surface area (Å²) in [6.07, 6.45) is 2.99. The highest BCUT2D eigenvalue weighted by molar-refractivity contribution is 5.94. The first-order valence-electron chi connectivity index (χ1n) is 10.8. The summed E-state index contributed by atoms with van der Waals surface area (Å²) in [6, 6.07) is 8.77. The van der Waals surface area contributed by atoms with Crippen LogP contribution in [-0.2, 0) is 4.74 Å². The number of carbonyl (C=O) groups excluding carboxylic acids is 1. The van der Waals surface area contributed by atoms with Gasteiger partial charge in [0.25, 0.3) is 5.91 Å². The first kappa shape index (κ1) is 21.1. The van der Waals surface area contributed by atoms with Crippen LogP contribution >= 0.6 is 0 Å². The second-order valence-corrected chi connectivity index (χ2v) is 8.17. The molecule has 0 aliphatic carbocycles. The molecule has 1 aromatic carbocycles. The molecule has 156 valence electrons. The zero-order valence-corrected chi connectivity index (χ0v) is 17.5. The van der Waals surface area contributed by atoms with Crippen molar-refractivity contribution in [3.8, 4) is 0 Å². The predicted molar refractivity (Wildman–Crippen MR) is 114 cm³/mol. The largest absolute Gasteiger partial charge is 0.378 e. The smallest absolute Gasteiger partial charge is 0.253 e. The SMILES string of the molecule is CC(C)N1CCN(c2ccc(C(=O)N3CCC(OCCCN)CC3)cc2)CC1. The molecule has 0 saturated carbocycles. The van der Waals surface area contributed by atoms with Gasteiger partial charge in [0.05, 0.1) is 6.10 Å². The Balaban J connectivity index is 1.48. The summed E-state index contributed by atoms with van der Waals surface area (Å²) in [5, 5.41) is 0. The van der Waals surface area contributed by atoms with Gasteiger partial charge in [-0.25, -0.2) is 0 Å². The number of anilines is 1. The van der Waals surface area contributed by atoms with Crippen LogP contribution in [0.25, 0.3) is 0 Å². The molecular weight excluding hydrogens is 352 g/mol. The summed E-state index contributed by atoms with van der Waals surface area (Å²) in [4.78, 5) is 19.7. The van der Waals surface area contributed by atoms with Gasteiger partial charge in [0, 0.05) is 63.2 Å². The van der Waals surface area contributed by atoms with Crippen molar-refractivity contribution in [3.63, 3.8) is 0 Å². The Bertz CT molecular complexity index is 603. The molecule has 6 heteroatoms. The van der Waals surface area contributed by atoms with E-state index in [2.05, 4.69) is 35.8 Å². The lowest BCUT2D eigenvalue weighted by molar-refractivity contribution is 0.00845. The average molecular weight is 389 g/mol. The molecule has 0 spiro atoms. The molecule has 2 fully saturated rings. The standard InChI is InChI=1S/C22H36N4O2/c1-18(2)24-13-15-25(16-14-24)20-6-4-19(5-7-20)22(27)26-11-8-21(9-12-26)28-17-3-10-23/h4-7,18,21H,3,8-17,23H2,1-2H3. The van der Waals surface area contributed by atoms with Gasteiger partial charge >= 0.3 is 0 Å². The first-order valence-corrected chi connectivity index (χ1v) is 10.8. The Morgan fingerprint density at radius 3 is 2.29 bits per heavy atom. The lowest BCUT2D eigenvalue weighted by Gasteiger charge is -2.38. The summed E-state index contributed by atoms with van der Waals surface area (Å²) >= 11 is 0. The molecule has 3 rings (SSSR count). The van der Waals surface area contributed by atoms with E-state index in [0.717, 1.165) is 70.7 Å². The van der Waals surface area contributed by atoms with Crippen LogP contribution in [0.15, 0.2) is 24.3 Å². The maximum atomic E-state index is 12.8. The Hall–Kier alpha value is -1.63. The van der Waals surface area contributed by atoms with Gasteiger partial charge in [-0.2, -0.15) is 0 Å². The second kappa shape index (κ2) is 10.2. The number of likely N-dealkylation sites (tertiary alicyclic amines) is 1. The maximum absolute atomic E-state index is 12.8. The minimum atomic E-state index is 0.136. The zero-order chi connectivity index (χ0) is 19.9. The van der Waals surface area contributed by atoms with E-state index in [4.69, 9.17) is 10.5 Å². The van der Waals surface area contributed by atoms with Crippen molar-refractivity contribution in [2.75, 3.05) is 57.3 Å². The third-order valence-corrected chi connectivity index (χ3v) is 5.96. The van der Waals surface area contributed by atoms with Crippen LogP contribution in [0.1, 0.15) is 43.5 Å². The molecule has 2 saturated heterocycles. The lowest BCUT2D eigenvalue weighted by Crippen LogP contribution is -2.48. The van der Waals surface area contributed by atoms with E-state index in [1.807, 2.05) is 17.0 Å². The monoisotopic (exact) mass is 388 g/mol. The summed E-state index contributed by atoms with van der Waals surface area (Å²) in [5.41, 5.74) is 7.51. The van der Waals surface area contributed by atoms with Crippen molar-refractivity contribution in [2.45, 2.75) is 45.3 Å². The van der Waals surface area contributed by atoms with Gasteiger partial charge in [0.15, 0.2) is 0 Å². The number of carbonyl (C=O) groups is 1. The highest BCUT2D eigenvalue weighted by Crippen LogP contribution is 2.21. The van der Waals surface area contributed by atoms with E-state index in [0.29, 0.717) is 12.6 Å². The van der Waals surface area contributed by atoms with Gasteiger partial charge < -0.3 is 20.3 Å². The molecule has 28 heavy (non-hydrogen) atoms. The Morgan fingerprint density at radius 1 is 1.07 bits per heavy atom. The van der Waals surface area contributed by atoms with Crippen LogP contribution in [0, 0.1) is 0 Å². The number of nitrogens with two attached hydrogens (primary N) is 1. The first-order chi connectivity index (χ1) is 13.6. The van der Waals surface area contributed by atoms with Crippen molar-refractivity contribution >= 4 is 11.6 Å². The number of piperazine rings is 1. The van der Waals surface area contributed by atoms with Crippen molar-refractivity contribution < 1.29 is 9.53 Å². The third kappa shape index (κ3) is 5.46. The Morgan fingerprint density at radius 2 is 1.71 bits per heavy atom. The fourth-order valence-corrected chi connectivity index (χ4v) is 4.05. The number of amides is 1. The van der Waals surface area contributed by atoms with Crippen LogP contribution in [0.4, 0.5) is 5.69 Å². The molecule has 6 nitrogen and oxygen atoms in total. The van der Waals surface area contributed by atoms with Gasteiger partial charge in [-0.3, -0.25) is 9.69 Å². The topological polar surface area (TPSA) is 62.0 Å². The summed E-state index contributed by atoms with van der Waals surface area (Å²) in [6.45, 7) is 11.7. The highest BCUT2D eigenvalue weighted by Gasteiger charge is 2.24. The van der Waals surface area contributed by atoms with E-state index < -0.39 is 0 Å². The summed E-state index contributed by atoms with van der Waals surface area (Å²) in [7, 11) is 0. The molecule has 2 heterocycles. The van der Waals surface area contributed by atoms with E-state index in [1.165, 1.54) is 5.69 Å². The molecule has 0 radical (unpaired) electrons. The van der Waals surface area contributed by atoms with Gasteiger partial charge in [-0.1, -0.05) is 0 Å². The van der Waals surface area contributed by atoms with E-state index in [-0.39, 0.29) is 12.0 Å². The van der Waals surface area contributed by atoms with Gasteiger partial charge in [-0.15, -0.1) is 0 Å². The molecule has 0 atom stereocenters. The number of hydrogen-bond acceptors (Lipinski definition) is 5. The van der Waals surface area contributed by atoms with Crippen molar-refractivity contribution in [3.05, 3.63) is 29.8 Å². The van der Waals surface area contributed by atoms with Gasteiger partial charge in [-0.05, 0) is 63.9 Å². The summed E-state index contributed by atoms with van der Waals surface area (Å²) in [5.74, 6) is 0.136. The molecule has 1 aromatic rings. The fraction of sp³-hybridized carbons (Fsp3) is 0.682. The average Bonchev–Trinajstić information content (AvgIpc) is 2.74. The fourth-order valence-electron chi connectivity index (χ4n) is 4.05. The number of ether oxygens (including phenoxy) is 1. The van der Waals surface area contributed by atoms with Crippen molar-refractivity contribution in [1.29, 1.82) is 0 Å². The minimum absolute atomic E-state index is 0.136. The molecule has 2 aliphatic rings. The Labute approximate surface area is 169 Å². The minimum Gasteiger partial charge on any atom is -0.378 e. The third-order valence-electron chi connectivity index (χ3n) is 5.96. The van der Waals surface area contributed by atoms with Crippen LogP contribution in [0.5, 0.6) is 0 Å². The lowest BCUT2D eigenvalue weighted by atomic mass is 10.1. The number of nitrogens with zero attached hydrogens (tertiary/aromatic N) is 3. The van der Waals surface area contributed by atoms with Gasteiger partial charge in [0.1, 0.15) is 0 Å². The molecule has 0 aromatic heterocycles. The van der Waals surface area contributed by atoms with Crippen LogP contribution in [-0.4, -0.2) is 80.3 Å². The number of hydrogen-bond donors (Lipinski definition) is 1. The Kier molecular flexibility index (Phi) is 7.71. The molecule has 0 bridgehead atoms. The van der Waals surface area contributed by atoms with Crippen LogP contribution in [0.2, 0.25) is 0 Å². The predicted octanol–water partition coefficient (Wildman–Crippen LogP) is 2.19. The molecule has 2 N–H and O–H groups in total. The van der Waals surface area contributed by atoms with E-state index >= 15 is 0 Å².